The summed E-state index contributed by atoms with van der Waals surface area (Å²) in [6, 6.07) is 1.06. The topological polar surface area (TPSA) is 91.7 Å². The van der Waals surface area contributed by atoms with Crippen molar-refractivity contribution in [1.29, 1.82) is 0 Å². The van der Waals surface area contributed by atoms with E-state index in [4.69, 9.17) is 20.9 Å². The van der Waals surface area contributed by atoms with E-state index in [2.05, 4.69) is 0 Å². The van der Waals surface area contributed by atoms with E-state index in [1.165, 1.54) is 0 Å². The van der Waals surface area contributed by atoms with Crippen LogP contribution in [0.2, 0.25) is 0 Å². The van der Waals surface area contributed by atoms with E-state index in [1.54, 1.807) is 0 Å². The molecule has 0 amide bonds. The summed E-state index contributed by atoms with van der Waals surface area (Å²) in [5.74, 6) is -4.10. The zero-order valence-electron chi connectivity index (χ0n) is 6.94. The second kappa shape index (κ2) is 3.67. The Morgan fingerprint density at radius 1 is 1.40 bits per heavy atom. The number of hydrogen-bond donors (Lipinski definition) is 2. The molecule has 1 aromatic carbocycles. The molecule has 0 aliphatic carbocycles. The molecule has 0 spiro atoms. The Bertz CT molecular complexity index is 524. The average molecular weight is 255 g/mol. The third kappa shape index (κ3) is 2.37. The summed E-state index contributed by atoms with van der Waals surface area (Å²) in [6.45, 7) is 0. The molecule has 8 heteroatoms. The molecule has 0 aliphatic rings. The number of carboxylic acid groups (broad SMARTS) is 1. The van der Waals surface area contributed by atoms with Gasteiger partial charge in [0.1, 0.15) is 4.90 Å². The second-order valence-electron chi connectivity index (χ2n) is 2.55. The third-order valence-corrected chi connectivity index (χ3v) is 2.87. The van der Waals surface area contributed by atoms with Gasteiger partial charge in [0, 0.05) is 10.7 Å². The monoisotopic (exact) mass is 254 g/mol. The van der Waals surface area contributed by atoms with Crippen LogP contribution in [0, 0.1) is 5.82 Å². The number of carboxylic acids is 1. The third-order valence-electron chi connectivity index (χ3n) is 1.54. The van der Waals surface area contributed by atoms with Crippen molar-refractivity contribution in [2.45, 2.75) is 4.90 Å². The summed E-state index contributed by atoms with van der Waals surface area (Å²) < 4.78 is 34.5. The van der Waals surface area contributed by atoms with Gasteiger partial charge in [0.05, 0.1) is 5.56 Å². The number of phenols is 1. The molecule has 1 rings (SSSR count). The van der Waals surface area contributed by atoms with Crippen molar-refractivity contribution >= 4 is 25.7 Å². The van der Waals surface area contributed by atoms with Crippen LogP contribution < -0.4 is 0 Å². The molecule has 1 aromatic rings. The Balaban J connectivity index is 3.59. The van der Waals surface area contributed by atoms with Crippen LogP contribution >= 0.6 is 10.7 Å². The van der Waals surface area contributed by atoms with Crippen LogP contribution in [0.4, 0.5) is 4.39 Å². The van der Waals surface area contributed by atoms with Crippen LogP contribution in [-0.4, -0.2) is 24.6 Å². The van der Waals surface area contributed by atoms with Crippen molar-refractivity contribution in [2.24, 2.45) is 0 Å². The molecule has 0 saturated carbocycles. The predicted octanol–water partition coefficient (Wildman–Crippen LogP) is 1.16. The molecule has 0 saturated heterocycles. The minimum atomic E-state index is -4.39. The van der Waals surface area contributed by atoms with E-state index in [0.717, 1.165) is 0 Å². The molecule has 0 fully saturated rings. The molecule has 0 aliphatic heterocycles. The standard InChI is InChI=1S/C7H4ClFO5S/c8-15(13,14)5-2-3(7(11)12)1-4(9)6(5)10/h1-2,10H,(H,11,12). The van der Waals surface area contributed by atoms with Crippen molar-refractivity contribution in [2.75, 3.05) is 0 Å². The van der Waals surface area contributed by atoms with E-state index in [1.807, 2.05) is 0 Å². The first-order valence-corrected chi connectivity index (χ1v) is 5.75. The minimum Gasteiger partial charge on any atom is -0.504 e. The Hall–Kier alpha value is -1.34. The molecular weight excluding hydrogens is 251 g/mol. The van der Waals surface area contributed by atoms with Crippen molar-refractivity contribution in [3.05, 3.63) is 23.5 Å². The van der Waals surface area contributed by atoms with Gasteiger partial charge in [-0.3, -0.25) is 0 Å². The van der Waals surface area contributed by atoms with Gasteiger partial charge in [-0.25, -0.2) is 17.6 Å². The van der Waals surface area contributed by atoms with Gasteiger partial charge in [0.25, 0.3) is 9.05 Å². The lowest BCUT2D eigenvalue weighted by Crippen LogP contribution is -2.01. The van der Waals surface area contributed by atoms with E-state index < -0.39 is 37.0 Å². The number of aromatic carboxylic acids is 1. The largest absolute Gasteiger partial charge is 0.504 e. The van der Waals surface area contributed by atoms with Crippen LogP contribution in [0.3, 0.4) is 0 Å². The summed E-state index contributed by atoms with van der Waals surface area (Å²) in [5.41, 5.74) is -0.621. The Kier molecular flexibility index (Phi) is 2.87. The maximum atomic E-state index is 12.9. The van der Waals surface area contributed by atoms with Crippen molar-refractivity contribution in [3.8, 4) is 5.75 Å². The summed E-state index contributed by atoms with van der Waals surface area (Å²) >= 11 is 0. The van der Waals surface area contributed by atoms with Gasteiger partial charge in [-0.1, -0.05) is 0 Å². The Morgan fingerprint density at radius 3 is 2.33 bits per heavy atom. The van der Waals surface area contributed by atoms with Gasteiger partial charge in [0.15, 0.2) is 11.6 Å². The van der Waals surface area contributed by atoms with E-state index in [-0.39, 0.29) is 0 Å². The molecule has 15 heavy (non-hydrogen) atoms. The lowest BCUT2D eigenvalue weighted by atomic mass is 10.2. The number of benzene rings is 1. The Labute approximate surface area is 88.1 Å². The molecule has 2 N–H and O–H groups in total. The van der Waals surface area contributed by atoms with Crippen LogP contribution in [0.25, 0.3) is 0 Å². The van der Waals surface area contributed by atoms with E-state index >= 15 is 0 Å². The minimum absolute atomic E-state index is 0.489. The number of carbonyl (C=O) groups is 1. The number of aromatic hydroxyl groups is 1. The number of phenolic OH excluding ortho intramolecular Hbond substituents is 1. The first-order chi connectivity index (χ1) is 6.73. The van der Waals surface area contributed by atoms with E-state index in [0.29, 0.717) is 12.1 Å². The fourth-order valence-electron chi connectivity index (χ4n) is 0.883. The summed E-state index contributed by atoms with van der Waals surface area (Å²) in [4.78, 5) is 9.49. The number of halogens is 2. The lowest BCUT2D eigenvalue weighted by Gasteiger charge is -2.03. The average Bonchev–Trinajstić information content (AvgIpc) is 2.06. The van der Waals surface area contributed by atoms with Crippen molar-refractivity contribution in [1.82, 2.24) is 0 Å². The van der Waals surface area contributed by atoms with Gasteiger partial charge >= 0.3 is 5.97 Å². The predicted molar refractivity (Wildman–Crippen MR) is 48.1 cm³/mol. The van der Waals surface area contributed by atoms with Crippen LogP contribution in [0.15, 0.2) is 17.0 Å². The van der Waals surface area contributed by atoms with Crippen LogP contribution in [0.5, 0.6) is 5.75 Å². The highest BCUT2D eigenvalue weighted by Crippen LogP contribution is 2.29. The van der Waals surface area contributed by atoms with E-state index in [9.17, 15) is 17.6 Å². The lowest BCUT2D eigenvalue weighted by molar-refractivity contribution is 0.0696. The smallest absolute Gasteiger partial charge is 0.335 e. The number of hydrogen-bond acceptors (Lipinski definition) is 4. The van der Waals surface area contributed by atoms with Gasteiger partial charge in [-0.15, -0.1) is 0 Å². The van der Waals surface area contributed by atoms with Gasteiger partial charge in [-0.05, 0) is 12.1 Å². The molecule has 0 unspecified atom stereocenters. The maximum absolute atomic E-state index is 12.9. The van der Waals surface area contributed by atoms with Crippen molar-refractivity contribution < 1.29 is 27.8 Å². The molecule has 0 heterocycles. The number of rotatable bonds is 2. The maximum Gasteiger partial charge on any atom is 0.335 e. The zero-order chi connectivity index (χ0) is 11.8. The molecule has 0 radical (unpaired) electrons. The first-order valence-electron chi connectivity index (χ1n) is 3.44. The van der Waals surface area contributed by atoms with Gasteiger partial charge in [-0.2, -0.15) is 0 Å². The molecule has 0 atom stereocenters. The summed E-state index contributed by atoms with van der Waals surface area (Å²) in [7, 11) is 0.472. The highest BCUT2D eigenvalue weighted by Gasteiger charge is 2.22. The molecule has 82 valence electrons. The summed E-state index contributed by atoms with van der Waals surface area (Å²) in [5, 5.41) is 17.5. The van der Waals surface area contributed by atoms with Crippen molar-refractivity contribution in [3.63, 3.8) is 0 Å². The van der Waals surface area contributed by atoms with Crippen LogP contribution in [0.1, 0.15) is 10.4 Å². The second-order valence-corrected chi connectivity index (χ2v) is 5.08. The summed E-state index contributed by atoms with van der Waals surface area (Å²) in [6.07, 6.45) is 0. The van der Waals surface area contributed by atoms with Crippen LogP contribution in [-0.2, 0) is 9.05 Å². The fourth-order valence-corrected chi connectivity index (χ4v) is 1.83. The van der Waals surface area contributed by atoms with Gasteiger partial charge < -0.3 is 10.2 Å². The Morgan fingerprint density at radius 2 is 1.93 bits per heavy atom. The van der Waals surface area contributed by atoms with Gasteiger partial charge in [0.2, 0.25) is 0 Å². The normalized spacial score (nSPS) is 11.3. The molecule has 0 aromatic heterocycles. The highest BCUT2D eigenvalue weighted by molar-refractivity contribution is 8.13. The quantitative estimate of drug-likeness (QED) is 0.773. The zero-order valence-corrected chi connectivity index (χ0v) is 8.51. The molecular formula is C7H4ClFO5S. The SMILES string of the molecule is O=C(O)c1cc(F)c(O)c(S(=O)(=O)Cl)c1. The highest BCUT2D eigenvalue weighted by atomic mass is 35.7. The molecule has 0 bridgehead atoms. The first kappa shape index (κ1) is 11.7. The molecule has 5 nitrogen and oxygen atoms in total. The fraction of sp³-hybridized carbons (Fsp3) is 0.